The first-order valence-electron chi connectivity index (χ1n) is 8.29. The lowest BCUT2D eigenvalue weighted by Gasteiger charge is -2.27. The standard InChI is InChI=1S/C18H22N2OS/c21-18(12-22-13-5-1-2-6-13)20-10-9-17-15(11-20)14-7-3-4-8-16(14)19-17/h3-4,7-8,13,19H,1-2,5-6,9-12H2. The molecule has 4 heteroatoms. The summed E-state index contributed by atoms with van der Waals surface area (Å²) in [4.78, 5) is 18.1. The van der Waals surface area contributed by atoms with Gasteiger partial charge in [0, 0.05) is 46.9 Å². The van der Waals surface area contributed by atoms with Crippen LogP contribution in [-0.4, -0.2) is 33.3 Å². The summed E-state index contributed by atoms with van der Waals surface area (Å²) in [5.74, 6) is 0.968. The second kappa shape index (κ2) is 5.99. The molecule has 0 spiro atoms. The predicted molar refractivity (Wildman–Crippen MR) is 92.1 cm³/mol. The van der Waals surface area contributed by atoms with E-state index >= 15 is 0 Å². The topological polar surface area (TPSA) is 36.1 Å². The van der Waals surface area contributed by atoms with Crippen molar-refractivity contribution in [3.8, 4) is 0 Å². The van der Waals surface area contributed by atoms with Crippen LogP contribution in [0.3, 0.4) is 0 Å². The lowest BCUT2D eigenvalue weighted by atomic mass is 10.0. The Balaban J connectivity index is 1.45. The van der Waals surface area contributed by atoms with Crippen LogP contribution >= 0.6 is 11.8 Å². The van der Waals surface area contributed by atoms with Gasteiger partial charge in [0.2, 0.25) is 5.91 Å². The molecule has 22 heavy (non-hydrogen) atoms. The predicted octanol–water partition coefficient (Wildman–Crippen LogP) is 3.73. The number of aromatic nitrogens is 1. The number of carbonyl (C=O) groups is 1. The number of para-hydroxylation sites is 1. The fourth-order valence-corrected chi connectivity index (χ4v) is 4.94. The number of nitrogens with zero attached hydrogens (tertiary/aromatic N) is 1. The molecule has 1 amide bonds. The van der Waals surface area contributed by atoms with Gasteiger partial charge in [-0.3, -0.25) is 4.79 Å². The Bertz CT molecular complexity index is 687. The fourth-order valence-electron chi connectivity index (χ4n) is 3.71. The zero-order valence-corrected chi connectivity index (χ0v) is 13.6. The molecule has 1 fully saturated rings. The lowest BCUT2D eigenvalue weighted by molar-refractivity contribution is -0.129. The van der Waals surface area contributed by atoms with Crippen LogP contribution in [0.1, 0.15) is 36.9 Å². The quantitative estimate of drug-likeness (QED) is 0.937. The fraction of sp³-hybridized carbons (Fsp3) is 0.500. The molecular formula is C18H22N2OS. The van der Waals surface area contributed by atoms with Gasteiger partial charge in [-0.2, -0.15) is 0 Å². The van der Waals surface area contributed by atoms with Crippen molar-refractivity contribution in [3.05, 3.63) is 35.5 Å². The molecule has 0 atom stereocenters. The summed E-state index contributed by atoms with van der Waals surface area (Å²) in [5.41, 5.74) is 3.83. The number of aromatic amines is 1. The molecule has 2 aliphatic rings. The highest BCUT2D eigenvalue weighted by molar-refractivity contribution is 8.00. The minimum absolute atomic E-state index is 0.313. The second-order valence-corrected chi connectivity index (χ2v) is 7.70. The molecule has 0 saturated heterocycles. The highest BCUT2D eigenvalue weighted by Crippen LogP contribution is 2.31. The zero-order chi connectivity index (χ0) is 14.9. The van der Waals surface area contributed by atoms with Crippen molar-refractivity contribution in [1.82, 2.24) is 9.88 Å². The summed E-state index contributed by atoms with van der Waals surface area (Å²) >= 11 is 1.87. The Labute approximate surface area is 135 Å². The number of amides is 1. The van der Waals surface area contributed by atoms with Crippen molar-refractivity contribution in [2.75, 3.05) is 12.3 Å². The van der Waals surface area contributed by atoms with Gasteiger partial charge in [-0.25, -0.2) is 0 Å². The molecule has 2 heterocycles. The van der Waals surface area contributed by atoms with E-state index in [4.69, 9.17) is 0 Å². The number of H-pyrrole nitrogens is 1. The molecule has 0 radical (unpaired) electrons. The van der Waals surface area contributed by atoms with Crippen LogP contribution in [-0.2, 0) is 17.8 Å². The van der Waals surface area contributed by atoms with E-state index in [0.29, 0.717) is 11.7 Å². The summed E-state index contributed by atoms with van der Waals surface area (Å²) in [6.07, 6.45) is 6.22. The number of carbonyl (C=O) groups excluding carboxylic acids is 1. The Morgan fingerprint density at radius 2 is 2.09 bits per heavy atom. The third kappa shape index (κ3) is 2.65. The first-order chi connectivity index (χ1) is 10.8. The molecule has 1 aromatic carbocycles. The van der Waals surface area contributed by atoms with Gasteiger partial charge in [-0.15, -0.1) is 11.8 Å². The van der Waals surface area contributed by atoms with E-state index in [1.807, 2.05) is 16.7 Å². The van der Waals surface area contributed by atoms with Crippen LogP contribution in [0.5, 0.6) is 0 Å². The lowest BCUT2D eigenvalue weighted by Crippen LogP contribution is -2.37. The molecule has 1 aromatic heterocycles. The molecule has 116 valence electrons. The zero-order valence-electron chi connectivity index (χ0n) is 12.8. The monoisotopic (exact) mass is 314 g/mol. The van der Waals surface area contributed by atoms with E-state index in [1.165, 1.54) is 47.8 Å². The third-order valence-electron chi connectivity index (χ3n) is 4.98. The van der Waals surface area contributed by atoms with Crippen LogP contribution in [0.15, 0.2) is 24.3 Å². The molecule has 0 unspecified atom stereocenters. The van der Waals surface area contributed by atoms with Crippen LogP contribution < -0.4 is 0 Å². The number of rotatable bonds is 3. The largest absolute Gasteiger partial charge is 0.358 e. The molecule has 1 aliphatic heterocycles. The van der Waals surface area contributed by atoms with Crippen LogP contribution in [0, 0.1) is 0 Å². The van der Waals surface area contributed by atoms with E-state index in [9.17, 15) is 4.79 Å². The molecule has 1 saturated carbocycles. The minimum atomic E-state index is 0.313. The minimum Gasteiger partial charge on any atom is -0.358 e. The molecule has 2 aromatic rings. The van der Waals surface area contributed by atoms with Gasteiger partial charge in [0.05, 0.1) is 5.75 Å². The maximum Gasteiger partial charge on any atom is 0.232 e. The van der Waals surface area contributed by atoms with Crippen LogP contribution in [0.4, 0.5) is 0 Å². The average molecular weight is 314 g/mol. The highest BCUT2D eigenvalue weighted by Gasteiger charge is 2.25. The average Bonchev–Trinajstić information content (AvgIpc) is 3.19. The number of hydrogen-bond acceptors (Lipinski definition) is 2. The highest BCUT2D eigenvalue weighted by atomic mass is 32.2. The third-order valence-corrected chi connectivity index (χ3v) is 6.34. The molecule has 4 rings (SSSR count). The summed E-state index contributed by atoms with van der Waals surface area (Å²) in [5, 5.41) is 2.00. The van der Waals surface area contributed by atoms with E-state index < -0.39 is 0 Å². The van der Waals surface area contributed by atoms with Gasteiger partial charge in [0.25, 0.3) is 0 Å². The summed E-state index contributed by atoms with van der Waals surface area (Å²) in [7, 11) is 0. The van der Waals surface area contributed by atoms with Crippen LogP contribution in [0.25, 0.3) is 10.9 Å². The van der Waals surface area contributed by atoms with E-state index in [2.05, 4.69) is 29.2 Å². The summed E-state index contributed by atoms with van der Waals surface area (Å²) in [6.45, 7) is 1.62. The van der Waals surface area contributed by atoms with Crippen molar-refractivity contribution in [2.45, 2.75) is 43.9 Å². The molecular weight excluding hydrogens is 292 g/mol. The first-order valence-corrected chi connectivity index (χ1v) is 9.34. The van der Waals surface area contributed by atoms with Gasteiger partial charge in [-0.05, 0) is 18.9 Å². The normalized spacial score (nSPS) is 18.8. The number of fused-ring (bicyclic) bond motifs is 3. The maximum absolute atomic E-state index is 12.5. The van der Waals surface area contributed by atoms with E-state index in [0.717, 1.165) is 24.8 Å². The van der Waals surface area contributed by atoms with Gasteiger partial charge >= 0.3 is 0 Å². The molecule has 1 N–H and O–H groups in total. The second-order valence-electron chi connectivity index (χ2n) is 6.41. The SMILES string of the molecule is O=C(CSC1CCCC1)N1CCc2[nH]c3ccccc3c2C1. The molecule has 0 bridgehead atoms. The smallest absolute Gasteiger partial charge is 0.232 e. The number of benzene rings is 1. The van der Waals surface area contributed by atoms with Crippen molar-refractivity contribution < 1.29 is 4.79 Å². The maximum atomic E-state index is 12.5. The van der Waals surface area contributed by atoms with Gasteiger partial charge < -0.3 is 9.88 Å². The number of thioether (sulfide) groups is 1. The van der Waals surface area contributed by atoms with Gasteiger partial charge in [0.1, 0.15) is 0 Å². The number of hydrogen-bond donors (Lipinski definition) is 1. The first kappa shape index (κ1) is 14.2. The van der Waals surface area contributed by atoms with Crippen LogP contribution in [0.2, 0.25) is 0 Å². The molecule has 3 nitrogen and oxygen atoms in total. The number of nitrogens with one attached hydrogen (secondary N) is 1. The van der Waals surface area contributed by atoms with Gasteiger partial charge in [-0.1, -0.05) is 31.0 Å². The Hall–Kier alpha value is -1.42. The Morgan fingerprint density at radius 3 is 2.95 bits per heavy atom. The van der Waals surface area contributed by atoms with E-state index in [1.54, 1.807) is 0 Å². The summed E-state index contributed by atoms with van der Waals surface area (Å²) < 4.78 is 0. The van der Waals surface area contributed by atoms with Crippen molar-refractivity contribution in [1.29, 1.82) is 0 Å². The summed E-state index contributed by atoms with van der Waals surface area (Å²) in [6, 6.07) is 8.42. The Kier molecular flexibility index (Phi) is 3.87. The van der Waals surface area contributed by atoms with Crippen molar-refractivity contribution >= 4 is 28.6 Å². The Morgan fingerprint density at radius 1 is 1.27 bits per heavy atom. The molecule has 1 aliphatic carbocycles. The van der Waals surface area contributed by atoms with Crippen molar-refractivity contribution in [3.63, 3.8) is 0 Å². The van der Waals surface area contributed by atoms with E-state index in [-0.39, 0.29) is 0 Å². The van der Waals surface area contributed by atoms with Crippen molar-refractivity contribution in [2.24, 2.45) is 0 Å². The van der Waals surface area contributed by atoms with Gasteiger partial charge in [0.15, 0.2) is 0 Å².